The number of nitro groups is 1. The van der Waals surface area contributed by atoms with Crippen LogP contribution in [0.3, 0.4) is 0 Å². The van der Waals surface area contributed by atoms with Crippen molar-refractivity contribution in [2.24, 2.45) is 0 Å². The van der Waals surface area contributed by atoms with Crippen molar-refractivity contribution in [3.63, 3.8) is 0 Å². The molecule has 2 aromatic carbocycles. The predicted molar refractivity (Wildman–Crippen MR) is 125 cm³/mol. The van der Waals surface area contributed by atoms with E-state index in [-0.39, 0.29) is 5.69 Å². The number of hydrogen-bond donors (Lipinski definition) is 0. The van der Waals surface area contributed by atoms with Gasteiger partial charge in [-0.2, -0.15) is 0 Å². The van der Waals surface area contributed by atoms with Crippen LogP contribution in [0, 0.1) is 15.9 Å². The molecular weight excluding hydrogens is 457 g/mol. The van der Waals surface area contributed by atoms with Crippen molar-refractivity contribution >= 4 is 23.2 Å². The molecule has 2 aliphatic rings. The molecule has 12 heteroatoms. The van der Waals surface area contributed by atoms with Crippen LogP contribution in [0.25, 0.3) is 0 Å². The number of amides is 1. The summed E-state index contributed by atoms with van der Waals surface area (Å²) in [5.41, 5.74) is 1.88. The van der Waals surface area contributed by atoms with Gasteiger partial charge >= 0.3 is 6.09 Å². The molecule has 2 aliphatic heterocycles. The van der Waals surface area contributed by atoms with Crippen molar-refractivity contribution in [3.8, 4) is 0 Å². The second-order valence-electron chi connectivity index (χ2n) is 8.57. The van der Waals surface area contributed by atoms with E-state index in [1.54, 1.807) is 41.3 Å². The Balaban J connectivity index is 1.18. The first kappa shape index (κ1) is 22.7. The van der Waals surface area contributed by atoms with Crippen molar-refractivity contribution in [1.29, 1.82) is 0 Å². The molecule has 35 heavy (non-hydrogen) atoms. The lowest BCUT2D eigenvalue weighted by atomic mass is 10.1. The van der Waals surface area contributed by atoms with Crippen molar-refractivity contribution in [1.82, 2.24) is 19.9 Å². The summed E-state index contributed by atoms with van der Waals surface area (Å²) >= 11 is 0. The molecule has 3 heterocycles. The fourth-order valence-electron chi connectivity index (χ4n) is 4.46. The summed E-state index contributed by atoms with van der Waals surface area (Å²) in [5.74, 6) is -0.401. The van der Waals surface area contributed by atoms with E-state index in [1.807, 2.05) is 11.0 Å². The zero-order valence-electron chi connectivity index (χ0n) is 18.9. The smallest absolute Gasteiger partial charge is 0.414 e. The van der Waals surface area contributed by atoms with Crippen LogP contribution in [-0.4, -0.2) is 69.7 Å². The van der Waals surface area contributed by atoms with Crippen molar-refractivity contribution < 1.29 is 18.8 Å². The number of ether oxygens (including phenoxy) is 1. The fraction of sp³-hybridized carbons (Fsp3) is 0.348. The van der Waals surface area contributed by atoms with Crippen LogP contribution in [0.2, 0.25) is 0 Å². The van der Waals surface area contributed by atoms with Gasteiger partial charge in [0.05, 0.1) is 35.6 Å². The standard InChI is InChI=1S/C23H24FN7O4/c24-21-13-18(30-16-20(35-23(30)32)15-29-7-6-25-26-29)4-5-22(21)28-10-8-27(9-11-28)14-17-2-1-3-19(12-17)31(33)34/h1-7,12-13,20H,8-11,14-16H2/t20-/m0/s1. The third kappa shape index (κ3) is 5.06. The number of rotatable bonds is 7. The average Bonchev–Trinajstić information content (AvgIpc) is 3.49. The van der Waals surface area contributed by atoms with Crippen LogP contribution in [0.5, 0.6) is 0 Å². The summed E-state index contributed by atoms with van der Waals surface area (Å²) in [6, 6.07) is 11.4. The number of non-ortho nitro benzene ring substituents is 1. The molecule has 1 atom stereocenters. The highest BCUT2D eigenvalue weighted by Crippen LogP contribution is 2.29. The second kappa shape index (κ2) is 9.66. The average molecular weight is 481 g/mol. The van der Waals surface area contributed by atoms with Gasteiger partial charge in [0, 0.05) is 51.1 Å². The molecule has 2 fully saturated rings. The van der Waals surface area contributed by atoms with Crippen molar-refractivity contribution in [3.05, 3.63) is 76.4 Å². The minimum Gasteiger partial charge on any atom is -0.442 e. The first-order valence-corrected chi connectivity index (χ1v) is 11.3. The van der Waals surface area contributed by atoms with Crippen LogP contribution < -0.4 is 9.80 Å². The molecule has 182 valence electrons. The third-order valence-electron chi connectivity index (χ3n) is 6.22. The molecule has 2 saturated heterocycles. The summed E-state index contributed by atoms with van der Waals surface area (Å²) in [4.78, 5) is 28.5. The van der Waals surface area contributed by atoms with Gasteiger partial charge in [-0.3, -0.25) is 19.9 Å². The van der Waals surface area contributed by atoms with Crippen molar-refractivity contribution in [2.45, 2.75) is 19.2 Å². The van der Waals surface area contributed by atoms with Gasteiger partial charge in [-0.25, -0.2) is 13.9 Å². The predicted octanol–water partition coefficient (Wildman–Crippen LogP) is 2.67. The van der Waals surface area contributed by atoms with Gasteiger partial charge in [0.15, 0.2) is 0 Å². The molecule has 0 N–H and O–H groups in total. The lowest BCUT2D eigenvalue weighted by molar-refractivity contribution is -0.384. The highest BCUT2D eigenvalue weighted by molar-refractivity contribution is 5.90. The fourth-order valence-corrected chi connectivity index (χ4v) is 4.46. The molecule has 0 saturated carbocycles. The minimum absolute atomic E-state index is 0.0786. The first-order chi connectivity index (χ1) is 17.0. The summed E-state index contributed by atoms with van der Waals surface area (Å²) < 4.78 is 22.0. The highest BCUT2D eigenvalue weighted by atomic mass is 19.1. The van der Waals surface area contributed by atoms with E-state index in [0.29, 0.717) is 57.2 Å². The SMILES string of the molecule is O=C1O[C@@H](Cn2ccnn2)CN1c1ccc(N2CCN(Cc3cccc([N+](=O)[O-])c3)CC2)c(F)c1. The van der Waals surface area contributed by atoms with Crippen LogP contribution in [-0.2, 0) is 17.8 Å². The Morgan fingerprint density at radius 3 is 2.69 bits per heavy atom. The molecule has 5 rings (SSSR count). The van der Waals surface area contributed by atoms with E-state index >= 15 is 4.39 Å². The number of carbonyl (C=O) groups is 1. The lowest BCUT2D eigenvalue weighted by Crippen LogP contribution is -2.46. The lowest BCUT2D eigenvalue weighted by Gasteiger charge is -2.36. The molecule has 11 nitrogen and oxygen atoms in total. The summed E-state index contributed by atoms with van der Waals surface area (Å²) in [6.07, 6.45) is 2.33. The number of anilines is 2. The monoisotopic (exact) mass is 481 g/mol. The Hall–Kier alpha value is -4.06. The van der Waals surface area contributed by atoms with E-state index in [9.17, 15) is 14.9 Å². The Morgan fingerprint density at radius 1 is 1.14 bits per heavy atom. The van der Waals surface area contributed by atoms with E-state index in [1.165, 1.54) is 17.0 Å². The number of piperazine rings is 1. The zero-order chi connectivity index (χ0) is 24.4. The largest absolute Gasteiger partial charge is 0.442 e. The molecular formula is C23H24FN7O4. The van der Waals surface area contributed by atoms with Crippen LogP contribution >= 0.6 is 0 Å². The normalized spacial score (nSPS) is 18.7. The molecule has 3 aromatic rings. The van der Waals surface area contributed by atoms with E-state index < -0.39 is 22.9 Å². The maximum atomic E-state index is 15.1. The topological polar surface area (TPSA) is 110 Å². The minimum atomic E-state index is -0.517. The maximum Gasteiger partial charge on any atom is 0.414 e. The summed E-state index contributed by atoms with van der Waals surface area (Å²) in [6.45, 7) is 3.92. The van der Waals surface area contributed by atoms with Gasteiger partial charge in [-0.1, -0.05) is 17.3 Å². The molecule has 0 aliphatic carbocycles. The molecule has 1 aromatic heterocycles. The van der Waals surface area contributed by atoms with Crippen molar-refractivity contribution in [2.75, 3.05) is 42.5 Å². The van der Waals surface area contributed by atoms with Gasteiger partial charge in [-0.15, -0.1) is 5.10 Å². The Bertz CT molecular complexity index is 1210. The van der Waals surface area contributed by atoms with Crippen LogP contribution in [0.15, 0.2) is 54.9 Å². The molecule has 0 bridgehead atoms. The van der Waals surface area contributed by atoms with Gasteiger partial charge in [-0.05, 0) is 23.8 Å². The van der Waals surface area contributed by atoms with Gasteiger partial charge in [0.25, 0.3) is 5.69 Å². The Morgan fingerprint density at radius 2 is 1.97 bits per heavy atom. The van der Waals surface area contributed by atoms with E-state index in [2.05, 4.69) is 15.2 Å². The maximum absolute atomic E-state index is 15.1. The first-order valence-electron chi connectivity index (χ1n) is 11.3. The zero-order valence-corrected chi connectivity index (χ0v) is 18.9. The number of cyclic esters (lactones) is 1. The highest BCUT2D eigenvalue weighted by Gasteiger charge is 2.33. The van der Waals surface area contributed by atoms with Gasteiger partial charge < -0.3 is 9.64 Å². The van der Waals surface area contributed by atoms with Gasteiger partial charge in [0.2, 0.25) is 0 Å². The molecule has 0 unspecified atom stereocenters. The number of halogens is 1. The quantitative estimate of drug-likeness (QED) is 0.374. The molecule has 0 spiro atoms. The third-order valence-corrected chi connectivity index (χ3v) is 6.22. The van der Waals surface area contributed by atoms with E-state index in [0.717, 1.165) is 5.56 Å². The van der Waals surface area contributed by atoms with Crippen LogP contribution in [0.1, 0.15) is 5.56 Å². The number of carbonyl (C=O) groups excluding carboxylic acids is 1. The van der Waals surface area contributed by atoms with Crippen LogP contribution in [0.4, 0.5) is 26.2 Å². The molecule has 0 radical (unpaired) electrons. The number of nitro benzene ring substituents is 1. The number of aromatic nitrogens is 3. The van der Waals surface area contributed by atoms with E-state index in [4.69, 9.17) is 4.74 Å². The number of benzene rings is 2. The number of nitrogens with zero attached hydrogens (tertiary/aromatic N) is 7. The Kier molecular flexibility index (Phi) is 6.27. The summed E-state index contributed by atoms with van der Waals surface area (Å²) in [7, 11) is 0. The van der Waals surface area contributed by atoms with Gasteiger partial charge in [0.1, 0.15) is 11.9 Å². The second-order valence-corrected chi connectivity index (χ2v) is 8.57. The molecule has 1 amide bonds. The Labute approximate surface area is 200 Å². The summed E-state index contributed by atoms with van der Waals surface area (Å²) in [5, 5.41) is 18.6. The number of hydrogen-bond acceptors (Lipinski definition) is 8.